The number of carbonyl (C=O) groups is 1. The largest absolute Gasteiger partial charge is 0.353 e. The Bertz CT molecular complexity index is 395. The number of hydrogen-bond acceptors (Lipinski definition) is 3. The number of carbonyl (C=O) groups excluding carboxylic acids is 1. The van der Waals surface area contributed by atoms with Crippen molar-refractivity contribution in [3.05, 3.63) is 35.9 Å². The van der Waals surface area contributed by atoms with Gasteiger partial charge in [-0.05, 0) is 32.0 Å². The maximum atomic E-state index is 12.0. The minimum atomic E-state index is -0.493. The molecular weight excluding hydrogens is 250 g/mol. The Morgan fingerprint density at radius 3 is 2.35 bits per heavy atom. The summed E-state index contributed by atoms with van der Waals surface area (Å²) in [6, 6.07) is 9.68. The second-order valence-electron chi connectivity index (χ2n) is 5.82. The maximum absolute atomic E-state index is 12.0. The maximum Gasteiger partial charge on any atom is 0.237 e. The van der Waals surface area contributed by atoms with E-state index in [1.165, 1.54) is 0 Å². The first kappa shape index (κ1) is 16.7. The van der Waals surface area contributed by atoms with Gasteiger partial charge in [0, 0.05) is 12.6 Å². The van der Waals surface area contributed by atoms with Gasteiger partial charge in [-0.25, -0.2) is 0 Å². The number of amides is 1. The van der Waals surface area contributed by atoms with E-state index in [-0.39, 0.29) is 5.91 Å². The summed E-state index contributed by atoms with van der Waals surface area (Å²) in [6.45, 7) is 4.94. The topological polar surface area (TPSA) is 58.4 Å². The molecule has 0 aliphatic rings. The van der Waals surface area contributed by atoms with Gasteiger partial charge < -0.3 is 16.0 Å². The van der Waals surface area contributed by atoms with Crippen LogP contribution in [0.5, 0.6) is 0 Å². The van der Waals surface area contributed by atoms with Gasteiger partial charge in [0.05, 0.1) is 6.04 Å². The molecule has 1 aromatic rings. The van der Waals surface area contributed by atoms with Gasteiger partial charge >= 0.3 is 0 Å². The first-order valence-electron chi connectivity index (χ1n) is 7.15. The molecule has 2 atom stereocenters. The van der Waals surface area contributed by atoms with Crippen molar-refractivity contribution in [2.75, 3.05) is 20.6 Å². The van der Waals surface area contributed by atoms with Gasteiger partial charge in [0.25, 0.3) is 0 Å². The molecule has 1 aromatic carbocycles. The number of nitrogens with zero attached hydrogens (tertiary/aromatic N) is 1. The fourth-order valence-corrected chi connectivity index (χ4v) is 2.31. The zero-order valence-electron chi connectivity index (χ0n) is 13.0. The van der Waals surface area contributed by atoms with Gasteiger partial charge in [-0.1, -0.05) is 44.2 Å². The van der Waals surface area contributed by atoms with E-state index < -0.39 is 6.04 Å². The average molecular weight is 277 g/mol. The minimum absolute atomic E-state index is 0.0821. The lowest BCUT2D eigenvalue weighted by Crippen LogP contribution is -2.48. The predicted octanol–water partition coefficient (Wildman–Crippen LogP) is 1.26. The highest BCUT2D eigenvalue weighted by atomic mass is 16.2. The van der Waals surface area contributed by atoms with Crippen LogP contribution in [0.4, 0.5) is 0 Å². The number of nitrogens with one attached hydrogen (secondary N) is 1. The number of nitrogens with two attached hydrogens (primary N) is 1. The SMILES string of the molecule is CC(C)C(CNC(=O)[C@@H](N)Cc1ccccc1)N(C)C. The van der Waals surface area contributed by atoms with Crippen molar-refractivity contribution >= 4 is 5.91 Å². The van der Waals surface area contributed by atoms with E-state index in [4.69, 9.17) is 5.73 Å². The van der Waals surface area contributed by atoms with Crippen molar-refractivity contribution in [1.82, 2.24) is 10.2 Å². The third-order valence-corrected chi connectivity index (χ3v) is 3.55. The third kappa shape index (κ3) is 5.31. The number of hydrogen-bond donors (Lipinski definition) is 2. The highest BCUT2D eigenvalue weighted by Crippen LogP contribution is 2.06. The molecule has 0 heterocycles. The standard InChI is InChI=1S/C16H27N3O/c1-12(2)15(19(3)4)11-18-16(20)14(17)10-13-8-6-5-7-9-13/h5-9,12,14-15H,10-11,17H2,1-4H3,(H,18,20)/t14-,15?/m0/s1. The lowest BCUT2D eigenvalue weighted by Gasteiger charge is -2.28. The van der Waals surface area contributed by atoms with E-state index >= 15 is 0 Å². The monoisotopic (exact) mass is 277 g/mol. The summed E-state index contributed by atoms with van der Waals surface area (Å²) in [6.07, 6.45) is 0.570. The van der Waals surface area contributed by atoms with Crippen molar-refractivity contribution < 1.29 is 4.79 Å². The fraction of sp³-hybridized carbons (Fsp3) is 0.562. The van der Waals surface area contributed by atoms with Crippen molar-refractivity contribution in [1.29, 1.82) is 0 Å². The summed E-state index contributed by atoms with van der Waals surface area (Å²) >= 11 is 0. The van der Waals surface area contributed by atoms with Gasteiger partial charge in [-0.3, -0.25) is 4.79 Å². The molecule has 112 valence electrons. The van der Waals surface area contributed by atoms with Crippen molar-refractivity contribution in [3.63, 3.8) is 0 Å². The molecule has 0 saturated heterocycles. The van der Waals surface area contributed by atoms with Crippen LogP contribution in [0.25, 0.3) is 0 Å². The van der Waals surface area contributed by atoms with Crippen LogP contribution < -0.4 is 11.1 Å². The highest BCUT2D eigenvalue weighted by molar-refractivity contribution is 5.81. The molecule has 3 N–H and O–H groups in total. The molecular formula is C16H27N3O. The summed E-state index contributed by atoms with van der Waals surface area (Å²) in [7, 11) is 4.06. The van der Waals surface area contributed by atoms with Crippen LogP contribution in [-0.2, 0) is 11.2 Å². The zero-order valence-corrected chi connectivity index (χ0v) is 13.0. The molecule has 1 amide bonds. The smallest absolute Gasteiger partial charge is 0.237 e. The van der Waals surface area contributed by atoms with Crippen molar-refractivity contribution in [3.8, 4) is 0 Å². The Balaban J connectivity index is 2.46. The minimum Gasteiger partial charge on any atom is -0.353 e. The van der Waals surface area contributed by atoms with Crippen LogP contribution >= 0.6 is 0 Å². The lowest BCUT2D eigenvalue weighted by atomic mass is 10.0. The molecule has 20 heavy (non-hydrogen) atoms. The number of rotatable bonds is 7. The molecule has 4 nitrogen and oxygen atoms in total. The average Bonchev–Trinajstić information content (AvgIpc) is 2.38. The normalized spacial score (nSPS) is 14.3. The molecule has 0 aromatic heterocycles. The van der Waals surface area contributed by atoms with Gasteiger partial charge in [0.2, 0.25) is 5.91 Å². The molecule has 0 aliphatic carbocycles. The molecule has 0 bridgehead atoms. The third-order valence-electron chi connectivity index (χ3n) is 3.55. The van der Waals surface area contributed by atoms with Gasteiger partial charge in [-0.15, -0.1) is 0 Å². The Morgan fingerprint density at radius 2 is 1.85 bits per heavy atom. The zero-order chi connectivity index (χ0) is 15.1. The van der Waals surface area contributed by atoms with Crippen LogP contribution in [-0.4, -0.2) is 43.5 Å². The number of benzene rings is 1. The van der Waals surface area contributed by atoms with Crippen LogP contribution in [0, 0.1) is 5.92 Å². The fourth-order valence-electron chi connectivity index (χ4n) is 2.31. The predicted molar refractivity (Wildman–Crippen MR) is 83.4 cm³/mol. The molecule has 1 rings (SSSR count). The molecule has 0 radical (unpaired) electrons. The molecule has 0 spiro atoms. The van der Waals surface area contributed by atoms with E-state index in [1.807, 2.05) is 44.4 Å². The van der Waals surface area contributed by atoms with E-state index in [1.54, 1.807) is 0 Å². The summed E-state index contributed by atoms with van der Waals surface area (Å²) in [5, 5.41) is 2.96. The first-order valence-corrected chi connectivity index (χ1v) is 7.15. The lowest BCUT2D eigenvalue weighted by molar-refractivity contribution is -0.122. The first-order chi connectivity index (χ1) is 9.41. The van der Waals surface area contributed by atoms with Crippen LogP contribution in [0.1, 0.15) is 19.4 Å². The number of likely N-dealkylation sites (N-methyl/N-ethyl adjacent to an activating group) is 1. The van der Waals surface area contributed by atoms with Crippen molar-refractivity contribution in [2.45, 2.75) is 32.4 Å². The Labute approximate surface area is 122 Å². The second-order valence-corrected chi connectivity index (χ2v) is 5.82. The van der Waals surface area contributed by atoms with E-state index in [2.05, 4.69) is 24.1 Å². The van der Waals surface area contributed by atoms with Crippen molar-refractivity contribution in [2.24, 2.45) is 11.7 Å². The molecule has 4 heteroatoms. The second kappa shape index (κ2) is 8.02. The van der Waals surface area contributed by atoms with Gasteiger partial charge in [0.15, 0.2) is 0 Å². The Kier molecular flexibility index (Phi) is 6.68. The van der Waals surface area contributed by atoms with E-state index in [0.717, 1.165) is 5.56 Å². The van der Waals surface area contributed by atoms with Crippen LogP contribution in [0.2, 0.25) is 0 Å². The van der Waals surface area contributed by atoms with Gasteiger partial charge in [0.1, 0.15) is 0 Å². The quantitative estimate of drug-likeness (QED) is 0.789. The van der Waals surface area contributed by atoms with Crippen LogP contribution in [0.3, 0.4) is 0 Å². The summed E-state index contributed by atoms with van der Waals surface area (Å²) in [5.74, 6) is 0.400. The molecule has 0 saturated carbocycles. The molecule has 0 fully saturated rings. The van der Waals surface area contributed by atoms with Gasteiger partial charge in [-0.2, -0.15) is 0 Å². The highest BCUT2D eigenvalue weighted by Gasteiger charge is 2.19. The Morgan fingerprint density at radius 1 is 1.25 bits per heavy atom. The molecule has 1 unspecified atom stereocenters. The summed E-state index contributed by atoms with van der Waals surface area (Å²) in [4.78, 5) is 14.2. The van der Waals surface area contributed by atoms with Crippen LogP contribution in [0.15, 0.2) is 30.3 Å². The Hall–Kier alpha value is -1.39. The molecule has 0 aliphatic heterocycles. The van der Waals surface area contributed by atoms with E-state index in [0.29, 0.717) is 24.9 Å². The van der Waals surface area contributed by atoms with E-state index in [9.17, 15) is 4.79 Å². The summed E-state index contributed by atoms with van der Waals surface area (Å²) in [5.41, 5.74) is 7.05. The summed E-state index contributed by atoms with van der Waals surface area (Å²) < 4.78 is 0.